The first-order chi connectivity index (χ1) is 6.74. The van der Waals surface area contributed by atoms with E-state index in [4.69, 9.17) is 10.5 Å². The number of ether oxygens (including phenoxy) is 1. The molecule has 0 aromatic carbocycles. The number of nitrogens with two attached hydrogens (primary N) is 1. The number of carbonyl (C=O) groups excluding carboxylic acids is 1. The zero-order chi connectivity index (χ0) is 10.4. The zero-order valence-electron chi connectivity index (χ0n) is 9.20. The molecule has 1 aliphatic carbocycles. The molecule has 0 heterocycles. The fourth-order valence-electron chi connectivity index (χ4n) is 1.28. The van der Waals surface area contributed by atoms with Crippen LogP contribution < -0.4 is 11.1 Å². The van der Waals surface area contributed by atoms with Crippen molar-refractivity contribution in [1.82, 2.24) is 5.32 Å². The summed E-state index contributed by atoms with van der Waals surface area (Å²) < 4.78 is 5.10. The smallest absolute Gasteiger partial charge is 0.246 e. The van der Waals surface area contributed by atoms with Crippen molar-refractivity contribution in [3.05, 3.63) is 0 Å². The van der Waals surface area contributed by atoms with Gasteiger partial charge >= 0.3 is 0 Å². The Labute approximate surface area is 97.3 Å². The van der Waals surface area contributed by atoms with E-state index in [1.54, 1.807) is 0 Å². The number of carbonyl (C=O) groups is 1. The summed E-state index contributed by atoms with van der Waals surface area (Å²) in [5.41, 5.74) is 5.83. The monoisotopic (exact) mass is 236 g/mol. The van der Waals surface area contributed by atoms with Crippen molar-refractivity contribution in [3.8, 4) is 0 Å². The molecule has 1 unspecified atom stereocenters. The molecule has 1 atom stereocenters. The van der Waals surface area contributed by atoms with E-state index in [1.807, 2.05) is 6.92 Å². The predicted molar refractivity (Wildman–Crippen MR) is 62.1 cm³/mol. The Kier molecular flexibility index (Phi) is 7.74. The van der Waals surface area contributed by atoms with E-state index in [2.05, 4.69) is 5.32 Å². The molecular formula is C10H21ClN2O2. The van der Waals surface area contributed by atoms with E-state index >= 15 is 0 Å². The summed E-state index contributed by atoms with van der Waals surface area (Å²) in [6.45, 7) is 3.40. The summed E-state index contributed by atoms with van der Waals surface area (Å²) in [7, 11) is 0. The van der Waals surface area contributed by atoms with Crippen molar-refractivity contribution in [2.24, 2.45) is 11.7 Å². The molecule has 3 N–H and O–H groups in total. The van der Waals surface area contributed by atoms with Crippen LogP contribution in [0.15, 0.2) is 0 Å². The Morgan fingerprint density at radius 3 is 2.80 bits per heavy atom. The number of rotatable bonds is 7. The normalized spacial score (nSPS) is 16.7. The molecule has 0 aromatic heterocycles. The van der Waals surface area contributed by atoms with Gasteiger partial charge in [0.15, 0.2) is 0 Å². The first-order valence-corrected chi connectivity index (χ1v) is 5.34. The average molecular weight is 237 g/mol. The molecule has 1 aliphatic rings. The summed E-state index contributed by atoms with van der Waals surface area (Å²) in [4.78, 5) is 11.2. The number of halogens is 1. The van der Waals surface area contributed by atoms with Crippen LogP contribution in [-0.4, -0.2) is 31.7 Å². The third-order valence-electron chi connectivity index (χ3n) is 2.34. The van der Waals surface area contributed by atoms with Gasteiger partial charge in [-0.25, -0.2) is 0 Å². The van der Waals surface area contributed by atoms with Crippen molar-refractivity contribution in [2.45, 2.75) is 32.2 Å². The number of hydrogen-bond donors (Lipinski definition) is 2. The standard InChI is InChI=1S/C10H20N2O2.ClH/c1-2-5-14-7-10(13)12-6-9(11)8-3-4-8;/h8-9H,2-7,11H2,1H3,(H,12,13);1H. The molecule has 0 bridgehead atoms. The first-order valence-electron chi connectivity index (χ1n) is 5.34. The van der Waals surface area contributed by atoms with Gasteiger partial charge in [-0.2, -0.15) is 0 Å². The maximum absolute atomic E-state index is 11.2. The van der Waals surface area contributed by atoms with Crippen LogP contribution in [0.3, 0.4) is 0 Å². The molecule has 1 fully saturated rings. The SMILES string of the molecule is CCCOCC(=O)NCC(N)C1CC1.Cl. The predicted octanol–water partition coefficient (Wildman–Crippen LogP) is 0.688. The van der Waals surface area contributed by atoms with Crippen molar-refractivity contribution in [1.29, 1.82) is 0 Å². The Morgan fingerprint density at radius 1 is 1.60 bits per heavy atom. The largest absolute Gasteiger partial charge is 0.372 e. The van der Waals surface area contributed by atoms with E-state index in [9.17, 15) is 4.79 Å². The number of hydrogen-bond acceptors (Lipinski definition) is 3. The van der Waals surface area contributed by atoms with E-state index in [1.165, 1.54) is 12.8 Å². The highest BCUT2D eigenvalue weighted by molar-refractivity contribution is 5.85. The molecule has 5 heteroatoms. The van der Waals surface area contributed by atoms with Crippen molar-refractivity contribution in [2.75, 3.05) is 19.8 Å². The van der Waals surface area contributed by atoms with E-state index in [0.29, 0.717) is 19.1 Å². The summed E-state index contributed by atoms with van der Waals surface area (Å²) in [5, 5.41) is 2.77. The zero-order valence-corrected chi connectivity index (χ0v) is 10.0. The molecule has 4 nitrogen and oxygen atoms in total. The van der Waals surface area contributed by atoms with E-state index in [0.717, 1.165) is 6.42 Å². The quantitative estimate of drug-likeness (QED) is 0.640. The maximum atomic E-state index is 11.2. The average Bonchev–Trinajstić information content (AvgIpc) is 2.98. The third-order valence-corrected chi connectivity index (χ3v) is 2.34. The Morgan fingerprint density at radius 2 is 2.27 bits per heavy atom. The second-order valence-corrected chi connectivity index (χ2v) is 3.86. The van der Waals surface area contributed by atoms with Crippen molar-refractivity contribution >= 4 is 18.3 Å². The van der Waals surface area contributed by atoms with Crippen LogP contribution in [0, 0.1) is 5.92 Å². The highest BCUT2D eigenvalue weighted by Gasteiger charge is 2.28. The van der Waals surface area contributed by atoms with Gasteiger partial charge in [-0.1, -0.05) is 6.92 Å². The summed E-state index contributed by atoms with van der Waals surface area (Å²) in [5.74, 6) is 0.571. The minimum absolute atomic E-state index is 0. The molecule has 0 radical (unpaired) electrons. The van der Waals surface area contributed by atoms with Crippen LogP contribution in [0.1, 0.15) is 26.2 Å². The van der Waals surface area contributed by atoms with E-state index in [-0.39, 0.29) is 31.0 Å². The summed E-state index contributed by atoms with van der Waals surface area (Å²) in [6, 6.07) is 0.130. The van der Waals surface area contributed by atoms with Gasteiger partial charge in [0, 0.05) is 19.2 Å². The fourth-order valence-corrected chi connectivity index (χ4v) is 1.28. The fraction of sp³-hybridized carbons (Fsp3) is 0.900. The second kappa shape index (κ2) is 7.91. The van der Waals surface area contributed by atoms with Crippen molar-refractivity contribution < 1.29 is 9.53 Å². The molecule has 1 amide bonds. The first kappa shape index (κ1) is 14.7. The van der Waals surface area contributed by atoms with Gasteiger partial charge in [-0.15, -0.1) is 12.4 Å². The van der Waals surface area contributed by atoms with Gasteiger partial charge in [0.25, 0.3) is 0 Å². The molecule has 15 heavy (non-hydrogen) atoms. The third kappa shape index (κ3) is 6.71. The van der Waals surface area contributed by atoms with E-state index < -0.39 is 0 Å². The molecule has 1 saturated carbocycles. The lowest BCUT2D eigenvalue weighted by molar-refractivity contribution is -0.125. The van der Waals surface area contributed by atoms with Crippen LogP contribution >= 0.6 is 12.4 Å². The molecule has 0 spiro atoms. The van der Waals surface area contributed by atoms with Gasteiger partial charge in [0.2, 0.25) is 5.91 Å². The van der Waals surface area contributed by atoms with Crippen LogP contribution in [0.25, 0.3) is 0 Å². The Balaban J connectivity index is 0.00000196. The van der Waals surface area contributed by atoms with Crippen molar-refractivity contribution in [3.63, 3.8) is 0 Å². The molecule has 1 rings (SSSR count). The van der Waals surface area contributed by atoms with Gasteiger partial charge < -0.3 is 15.8 Å². The minimum atomic E-state index is -0.0606. The number of nitrogens with one attached hydrogen (secondary N) is 1. The lowest BCUT2D eigenvalue weighted by Gasteiger charge is -2.11. The second-order valence-electron chi connectivity index (χ2n) is 3.86. The van der Waals surface area contributed by atoms with Crippen LogP contribution in [0.5, 0.6) is 0 Å². The Hall–Kier alpha value is -0.320. The van der Waals surface area contributed by atoms with Crippen LogP contribution in [0.2, 0.25) is 0 Å². The molecule has 0 aromatic rings. The van der Waals surface area contributed by atoms with Gasteiger partial charge in [-0.3, -0.25) is 4.79 Å². The topological polar surface area (TPSA) is 64.3 Å². The highest BCUT2D eigenvalue weighted by Crippen LogP contribution is 2.31. The van der Waals surface area contributed by atoms with Gasteiger partial charge in [0.1, 0.15) is 6.61 Å². The van der Waals surface area contributed by atoms with Crippen LogP contribution in [0.4, 0.5) is 0 Å². The maximum Gasteiger partial charge on any atom is 0.246 e. The molecule has 90 valence electrons. The highest BCUT2D eigenvalue weighted by atomic mass is 35.5. The Bertz CT molecular complexity index is 186. The lowest BCUT2D eigenvalue weighted by Crippen LogP contribution is -2.40. The lowest BCUT2D eigenvalue weighted by atomic mass is 10.2. The molecular weight excluding hydrogens is 216 g/mol. The molecule has 0 aliphatic heterocycles. The summed E-state index contributed by atoms with van der Waals surface area (Å²) in [6.07, 6.45) is 3.36. The molecule has 0 saturated heterocycles. The van der Waals surface area contributed by atoms with Gasteiger partial charge in [0.05, 0.1) is 0 Å². The van der Waals surface area contributed by atoms with Crippen LogP contribution in [-0.2, 0) is 9.53 Å². The van der Waals surface area contributed by atoms with Gasteiger partial charge in [-0.05, 0) is 25.2 Å². The number of amides is 1. The summed E-state index contributed by atoms with van der Waals surface area (Å²) >= 11 is 0. The minimum Gasteiger partial charge on any atom is -0.372 e.